The van der Waals surface area contributed by atoms with Crippen LogP contribution in [0.3, 0.4) is 0 Å². The van der Waals surface area contributed by atoms with Crippen molar-refractivity contribution < 1.29 is 9.53 Å². The summed E-state index contributed by atoms with van der Waals surface area (Å²) < 4.78 is 6.02. The van der Waals surface area contributed by atoms with Crippen LogP contribution in [-0.2, 0) is 11.2 Å². The maximum absolute atomic E-state index is 11.7. The Morgan fingerprint density at radius 2 is 1.78 bits per heavy atom. The Hall–Kier alpha value is -1.32. The van der Waals surface area contributed by atoms with Gasteiger partial charge in [-0.3, -0.25) is 4.79 Å². The molecule has 0 spiro atoms. The van der Waals surface area contributed by atoms with Crippen LogP contribution in [0.1, 0.15) is 5.56 Å². The summed E-state index contributed by atoms with van der Waals surface area (Å²) in [5.41, 5.74) is 0.872. The molecule has 0 unspecified atom stereocenters. The van der Waals surface area contributed by atoms with Crippen LogP contribution in [0.25, 0.3) is 0 Å². The van der Waals surface area contributed by atoms with Crippen LogP contribution in [0.5, 0.6) is 5.75 Å². The van der Waals surface area contributed by atoms with E-state index in [9.17, 15) is 4.79 Å². The number of esters is 1. The van der Waals surface area contributed by atoms with Gasteiger partial charge < -0.3 is 4.74 Å². The second-order valence-corrected chi connectivity index (χ2v) is 5.00. The third kappa shape index (κ3) is 3.59. The van der Waals surface area contributed by atoms with Gasteiger partial charge in [-0.2, -0.15) is 0 Å². The molecule has 0 fully saturated rings. The average Bonchev–Trinajstić information content (AvgIpc) is 2.35. The molecule has 0 aliphatic carbocycles. The lowest BCUT2D eigenvalue weighted by atomic mass is 10.1. The minimum Gasteiger partial charge on any atom is -0.425 e. The summed E-state index contributed by atoms with van der Waals surface area (Å²) in [6.07, 6.45) is 0.221. The van der Waals surface area contributed by atoms with Crippen molar-refractivity contribution >= 4 is 33.5 Å². The molecule has 0 atom stereocenters. The van der Waals surface area contributed by atoms with Crippen molar-refractivity contribution in [2.24, 2.45) is 0 Å². The van der Waals surface area contributed by atoms with Gasteiger partial charge in [0.2, 0.25) is 0 Å². The van der Waals surface area contributed by atoms with Crippen LogP contribution in [0, 0.1) is 0 Å². The fourth-order valence-corrected chi connectivity index (χ4v) is 1.95. The molecule has 2 aromatic carbocycles. The highest BCUT2D eigenvalue weighted by atomic mass is 79.9. The first-order chi connectivity index (χ1) is 8.65. The highest BCUT2D eigenvalue weighted by Crippen LogP contribution is 2.24. The lowest BCUT2D eigenvalue weighted by molar-refractivity contribution is -0.133. The Morgan fingerprint density at radius 1 is 1.11 bits per heavy atom. The first-order valence-corrected chi connectivity index (χ1v) is 6.52. The first-order valence-electron chi connectivity index (χ1n) is 5.35. The lowest BCUT2D eigenvalue weighted by Crippen LogP contribution is -2.11. The van der Waals surface area contributed by atoms with E-state index < -0.39 is 0 Å². The fraction of sp³-hybridized carbons (Fsp3) is 0.0714. The zero-order valence-electron chi connectivity index (χ0n) is 9.40. The maximum Gasteiger partial charge on any atom is 0.315 e. The fourth-order valence-electron chi connectivity index (χ4n) is 1.46. The summed E-state index contributed by atoms with van der Waals surface area (Å²) in [6, 6.07) is 14.4. The van der Waals surface area contributed by atoms with E-state index in [1.165, 1.54) is 0 Å². The number of hydrogen-bond donors (Lipinski definition) is 0. The van der Waals surface area contributed by atoms with Gasteiger partial charge in [-0.05, 0) is 45.8 Å². The van der Waals surface area contributed by atoms with Crippen LogP contribution >= 0.6 is 27.5 Å². The number of benzene rings is 2. The number of carbonyl (C=O) groups is 1. The minimum absolute atomic E-state index is 0.221. The largest absolute Gasteiger partial charge is 0.425 e. The number of rotatable bonds is 3. The van der Waals surface area contributed by atoms with E-state index in [1.54, 1.807) is 18.2 Å². The van der Waals surface area contributed by atoms with Crippen molar-refractivity contribution in [3.05, 3.63) is 63.6 Å². The number of para-hydroxylation sites is 1. The summed E-state index contributed by atoms with van der Waals surface area (Å²) in [6.45, 7) is 0. The topological polar surface area (TPSA) is 26.3 Å². The molecule has 92 valence electrons. The molecule has 0 N–H and O–H groups in total. The summed E-state index contributed by atoms with van der Waals surface area (Å²) >= 11 is 9.10. The lowest BCUT2D eigenvalue weighted by Gasteiger charge is -2.06. The second kappa shape index (κ2) is 6.03. The molecule has 0 amide bonds. The normalized spacial score (nSPS) is 10.1. The predicted octanol–water partition coefficient (Wildman–Crippen LogP) is 4.25. The van der Waals surface area contributed by atoms with E-state index >= 15 is 0 Å². The molecule has 0 heterocycles. The van der Waals surface area contributed by atoms with E-state index in [0.29, 0.717) is 10.8 Å². The van der Waals surface area contributed by atoms with E-state index in [2.05, 4.69) is 15.9 Å². The number of ether oxygens (including phenoxy) is 1. The van der Waals surface area contributed by atoms with Crippen LogP contribution in [0.15, 0.2) is 53.0 Å². The molecule has 0 aliphatic heterocycles. The van der Waals surface area contributed by atoms with Gasteiger partial charge in [0.15, 0.2) is 0 Å². The standard InChI is InChI=1S/C14H10BrClO2/c15-12-3-1-2-4-13(12)18-14(17)9-10-5-7-11(16)8-6-10/h1-8H,9H2. The highest BCUT2D eigenvalue weighted by molar-refractivity contribution is 9.10. The molecule has 0 aliphatic rings. The van der Waals surface area contributed by atoms with Crippen molar-refractivity contribution in [1.29, 1.82) is 0 Å². The molecule has 18 heavy (non-hydrogen) atoms. The van der Waals surface area contributed by atoms with E-state index in [1.807, 2.05) is 30.3 Å². The Kier molecular flexibility index (Phi) is 4.39. The van der Waals surface area contributed by atoms with Crippen molar-refractivity contribution in [3.63, 3.8) is 0 Å². The van der Waals surface area contributed by atoms with Gasteiger partial charge in [0.05, 0.1) is 10.9 Å². The van der Waals surface area contributed by atoms with Gasteiger partial charge in [0.1, 0.15) is 5.75 Å². The van der Waals surface area contributed by atoms with Gasteiger partial charge >= 0.3 is 5.97 Å². The zero-order chi connectivity index (χ0) is 13.0. The molecule has 2 aromatic rings. The SMILES string of the molecule is O=C(Cc1ccc(Cl)cc1)Oc1ccccc1Br. The molecular weight excluding hydrogens is 316 g/mol. The van der Waals surface area contributed by atoms with Crippen molar-refractivity contribution in [2.75, 3.05) is 0 Å². The van der Waals surface area contributed by atoms with E-state index in [4.69, 9.17) is 16.3 Å². The molecule has 2 nitrogen and oxygen atoms in total. The molecule has 0 bridgehead atoms. The van der Waals surface area contributed by atoms with Crippen LogP contribution in [-0.4, -0.2) is 5.97 Å². The van der Waals surface area contributed by atoms with E-state index in [0.717, 1.165) is 10.0 Å². The zero-order valence-corrected chi connectivity index (χ0v) is 11.7. The van der Waals surface area contributed by atoms with Gasteiger partial charge in [-0.15, -0.1) is 0 Å². The van der Waals surface area contributed by atoms with Gasteiger partial charge in [-0.1, -0.05) is 35.9 Å². The molecular formula is C14H10BrClO2. The molecule has 0 aromatic heterocycles. The van der Waals surface area contributed by atoms with Gasteiger partial charge in [-0.25, -0.2) is 0 Å². The molecule has 0 saturated carbocycles. The minimum atomic E-state index is -0.302. The monoisotopic (exact) mass is 324 g/mol. The Bertz CT molecular complexity index is 552. The molecule has 0 radical (unpaired) electrons. The van der Waals surface area contributed by atoms with Crippen molar-refractivity contribution in [3.8, 4) is 5.75 Å². The Balaban J connectivity index is 2.01. The molecule has 0 saturated heterocycles. The van der Waals surface area contributed by atoms with Crippen LogP contribution in [0.4, 0.5) is 0 Å². The Labute approximate surface area is 119 Å². The molecule has 4 heteroatoms. The van der Waals surface area contributed by atoms with Crippen molar-refractivity contribution in [1.82, 2.24) is 0 Å². The quantitative estimate of drug-likeness (QED) is 0.623. The number of carbonyl (C=O) groups excluding carboxylic acids is 1. The Morgan fingerprint density at radius 3 is 2.44 bits per heavy atom. The molecule has 2 rings (SSSR count). The predicted molar refractivity (Wildman–Crippen MR) is 74.9 cm³/mol. The highest BCUT2D eigenvalue weighted by Gasteiger charge is 2.08. The third-order valence-corrected chi connectivity index (χ3v) is 3.23. The summed E-state index contributed by atoms with van der Waals surface area (Å²) in [7, 11) is 0. The number of halogens is 2. The summed E-state index contributed by atoms with van der Waals surface area (Å²) in [5.74, 6) is 0.223. The second-order valence-electron chi connectivity index (χ2n) is 3.71. The van der Waals surface area contributed by atoms with Crippen LogP contribution in [0.2, 0.25) is 5.02 Å². The van der Waals surface area contributed by atoms with Crippen LogP contribution < -0.4 is 4.74 Å². The maximum atomic E-state index is 11.7. The van der Waals surface area contributed by atoms with Gasteiger partial charge in [0, 0.05) is 5.02 Å². The smallest absolute Gasteiger partial charge is 0.315 e. The third-order valence-electron chi connectivity index (χ3n) is 2.32. The van der Waals surface area contributed by atoms with Gasteiger partial charge in [0.25, 0.3) is 0 Å². The van der Waals surface area contributed by atoms with E-state index in [-0.39, 0.29) is 12.4 Å². The summed E-state index contributed by atoms with van der Waals surface area (Å²) in [5, 5.41) is 0.651. The number of hydrogen-bond acceptors (Lipinski definition) is 2. The summed E-state index contributed by atoms with van der Waals surface area (Å²) in [4.78, 5) is 11.7. The van der Waals surface area contributed by atoms with Crippen molar-refractivity contribution in [2.45, 2.75) is 6.42 Å². The first kappa shape index (κ1) is 13.1. The average molecular weight is 326 g/mol.